The summed E-state index contributed by atoms with van der Waals surface area (Å²) in [5.74, 6) is -0.288. The molecule has 1 aliphatic heterocycles. The van der Waals surface area contributed by atoms with E-state index in [-0.39, 0.29) is 18.4 Å². The van der Waals surface area contributed by atoms with Crippen molar-refractivity contribution in [2.75, 3.05) is 11.4 Å². The average Bonchev–Trinajstić information content (AvgIpc) is 2.37. The molecule has 0 bridgehead atoms. The molecule has 1 aromatic rings. The highest BCUT2D eigenvalue weighted by molar-refractivity contribution is 6.34. The third kappa shape index (κ3) is 2.45. The molecule has 1 atom stereocenters. The second kappa shape index (κ2) is 4.85. The number of carbonyl (C=O) groups is 2. The first-order valence-electron chi connectivity index (χ1n) is 6.26. The third-order valence-electron chi connectivity index (χ3n) is 3.53. The topological polar surface area (TPSA) is 49.4 Å². The van der Waals surface area contributed by atoms with E-state index >= 15 is 0 Å². The normalized spacial score (nSPS) is 23.5. The molecule has 2 rings (SSSR count). The van der Waals surface area contributed by atoms with Gasteiger partial charge in [0.15, 0.2) is 0 Å². The number of nitrogens with one attached hydrogen (secondary N) is 1. The van der Waals surface area contributed by atoms with E-state index in [1.807, 2.05) is 26.0 Å². The van der Waals surface area contributed by atoms with Crippen LogP contribution in [0.2, 0.25) is 5.02 Å². The van der Waals surface area contributed by atoms with E-state index in [0.29, 0.717) is 17.1 Å². The van der Waals surface area contributed by atoms with Gasteiger partial charge in [-0.1, -0.05) is 24.6 Å². The number of nitrogens with zero attached hydrogens (tertiary/aromatic N) is 1. The number of anilines is 1. The van der Waals surface area contributed by atoms with Gasteiger partial charge in [-0.15, -0.1) is 0 Å². The molecule has 0 spiro atoms. The molecule has 1 unspecified atom stereocenters. The summed E-state index contributed by atoms with van der Waals surface area (Å²) in [6.45, 7) is 5.55. The third-order valence-corrected chi connectivity index (χ3v) is 3.85. The van der Waals surface area contributed by atoms with E-state index in [9.17, 15) is 9.59 Å². The smallest absolute Gasteiger partial charge is 0.252 e. The van der Waals surface area contributed by atoms with Crippen molar-refractivity contribution in [1.82, 2.24) is 5.32 Å². The number of amides is 2. The molecule has 0 aliphatic carbocycles. The van der Waals surface area contributed by atoms with E-state index in [4.69, 9.17) is 11.6 Å². The molecular weight excluding hydrogens is 264 g/mol. The van der Waals surface area contributed by atoms with Gasteiger partial charge in [-0.05, 0) is 38.0 Å². The summed E-state index contributed by atoms with van der Waals surface area (Å²) in [5, 5.41) is 3.23. The van der Waals surface area contributed by atoms with Gasteiger partial charge in [-0.2, -0.15) is 0 Å². The minimum atomic E-state index is -0.859. The largest absolute Gasteiger partial charge is 0.340 e. The van der Waals surface area contributed by atoms with E-state index < -0.39 is 5.54 Å². The van der Waals surface area contributed by atoms with Crippen LogP contribution in [-0.4, -0.2) is 23.9 Å². The van der Waals surface area contributed by atoms with Crippen molar-refractivity contribution >= 4 is 29.1 Å². The molecule has 1 aliphatic rings. The standard InChI is InChI=1S/C14H17ClN2O2/c1-4-14(3)13(19)17(8-12(18)16-14)11-7-9(2)5-6-10(11)15/h5-7H,4,8H2,1-3H3,(H,16,18). The zero-order valence-electron chi connectivity index (χ0n) is 11.3. The molecule has 0 radical (unpaired) electrons. The number of aryl methyl sites for hydroxylation is 1. The summed E-state index contributed by atoms with van der Waals surface area (Å²) in [6, 6.07) is 5.45. The Morgan fingerprint density at radius 3 is 2.74 bits per heavy atom. The van der Waals surface area contributed by atoms with Crippen LogP contribution in [0.25, 0.3) is 0 Å². The zero-order valence-corrected chi connectivity index (χ0v) is 12.0. The van der Waals surface area contributed by atoms with Gasteiger partial charge in [0.05, 0.1) is 10.7 Å². The molecule has 1 heterocycles. The highest BCUT2D eigenvalue weighted by Gasteiger charge is 2.42. The zero-order chi connectivity index (χ0) is 14.2. The van der Waals surface area contributed by atoms with Crippen LogP contribution in [0.5, 0.6) is 0 Å². The van der Waals surface area contributed by atoms with Crippen LogP contribution in [0.15, 0.2) is 18.2 Å². The Morgan fingerprint density at radius 1 is 1.42 bits per heavy atom. The molecule has 1 fully saturated rings. The van der Waals surface area contributed by atoms with E-state index in [1.54, 1.807) is 13.0 Å². The first kappa shape index (κ1) is 13.9. The lowest BCUT2D eigenvalue weighted by Crippen LogP contribution is -2.65. The van der Waals surface area contributed by atoms with Gasteiger partial charge in [0, 0.05) is 0 Å². The van der Waals surface area contributed by atoms with Crippen LogP contribution < -0.4 is 10.2 Å². The van der Waals surface area contributed by atoms with Gasteiger partial charge in [0.2, 0.25) is 5.91 Å². The van der Waals surface area contributed by atoms with Gasteiger partial charge in [-0.3, -0.25) is 14.5 Å². The fourth-order valence-electron chi connectivity index (χ4n) is 2.18. The summed E-state index contributed by atoms with van der Waals surface area (Å²) < 4.78 is 0. The van der Waals surface area contributed by atoms with E-state index in [0.717, 1.165) is 5.56 Å². The SMILES string of the molecule is CCC1(C)NC(=O)CN(c2cc(C)ccc2Cl)C1=O. The summed E-state index contributed by atoms with van der Waals surface area (Å²) >= 11 is 6.15. The second-order valence-electron chi connectivity index (χ2n) is 5.08. The number of carbonyl (C=O) groups excluding carboxylic acids is 2. The van der Waals surface area contributed by atoms with Crippen LogP contribution in [0, 0.1) is 6.92 Å². The average molecular weight is 281 g/mol. The lowest BCUT2D eigenvalue weighted by molar-refractivity contribution is -0.135. The number of benzene rings is 1. The van der Waals surface area contributed by atoms with Gasteiger partial charge in [0.25, 0.3) is 5.91 Å². The highest BCUT2D eigenvalue weighted by Crippen LogP contribution is 2.30. The summed E-state index contributed by atoms with van der Waals surface area (Å²) in [4.78, 5) is 25.8. The number of hydrogen-bond donors (Lipinski definition) is 1. The molecular formula is C14H17ClN2O2. The maximum atomic E-state index is 12.5. The molecule has 0 saturated carbocycles. The minimum Gasteiger partial charge on any atom is -0.340 e. The number of piperazine rings is 1. The molecule has 5 heteroatoms. The van der Waals surface area contributed by atoms with Gasteiger partial charge in [0.1, 0.15) is 12.1 Å². The van der Waals surface area contributed by atoms with Crippen LogP contribution in [0.4, 0.5) is 5.69 Å². The lowest BCUT2D eigenvalue weighted by atomic mass is 9.94. The quantitative estimate of drug-likeness (QED) is 0.903. The second-order valence-corrected chi connectivity index (χ2v) is 5.49. The predicted molar refractivity (Wildman–Crippen MR) is 75.4 cm³/mol. The van der Waals surface area contributed by atoms with Crippen LogP contribution in [0.3, 0.4) is 0 Å². The number of rotatable bonds is 2. The fourth-order valence-corrected chi connectivity index (χ4v) is 2.40. The fraction of sp³-hybridized carbons (Fsp3) is 0.429. The molecule has 1 saturated heterocycles. The monoisotopic (exact) mass is 280 g/mol. The van der Waals surface area contributed by atoms with Crippen molar-refractivity contribution in [3.05, 3.63) is 28.8 Å². The van der Waals surface area contributed by atoms with Gasteiger partial charge < -0.3 is 5.32 Å². The molecule has 102 valence electrons. The van der Waals surface area contributed by atoms with Crippen molar-refractivity contribution in [3.8, 4) is 0 Å². The van der Waals surface area contributed by atoms with E-state index in [1.165, 1.54) is 4.90 Å². The summed E-state index contributed by atoms with van der Waals surface area (Å²) in [7, 11) is 0. The molecule has 4 nitrogen and oxygen atoms in total. The lowest BCUT2D eigenvalue weighted by Gasteiger charge is -2.39. The van der Waals surface area contributed by atoms with Crippen molar-refractivity contribution in [2.24, 2.45) is 0 Å². The first-order chi connectivity index (χ1) is 8.87. The van der Waals surface area contributed by atoms with Crippen molar-refractivity contribution in [3.63, 3.8) is 0 Å². The molecule has 1 aromatic carbocycles. The maximum Gasteiger partial charge on any atom is 0.252 e. The van der Waals surface area contributed by atoms with Crippen LogP contribution >= 0.6 is 11.6 Å². The summed E-state index contributed by atoms with van der Waals surface area (Å²) in [5.41, 5.74) is 0.736. The predicted octanol–water partition coefficient (Wildman–Crippen LogP) is 2.28. The Bertz CT molecular complexity index is 544. The summed E-state index contributed by atoms with van der Waals surface area (Å²) in [6.07, 6.45) is 0.539. The molecule has 1 N–H and O–H groups in total. The van der Waals surface area contributed by atoms with Crippen LogP contribution in [0.1, 0.15) is 25.8 Å². The molecule has 19 heavy (non-hydrogen) atoms. The number of hydrogen-bond acceptors (Lipinski definition) is 2. The van der Waals surface area contributed by atoms with Gasteiger partial charge in [-0.25, -0.2) is 0 Å². The van der Waals surface area contributed by atoms with Gasteiger partial charge >= 0.3 is 0 Å². The van der Waals surface area contributed by atoms with Crippen molar-refractivity contribution in [2.45, 2.75) is 32.7 Å². The Hall–Kier alpha value is -1.55. The molecule has 2 amide bonds. The molecule has 0 aromatic heterocycles. The van der Waals surface area contributed by atoms with Crippen molar-refractivity contribution in [1.29, 1.82) is 0 Å². The highest BCUT2D eigenvalue weighted by atomic mass is 35.5. The Balaban J connectivity index is 2.46. The first-order valence-corrected chi connectivity index (χ1v) is 6.64. The Morgan fingerprint density at radius 2 is 2.11 bits per heavy atom. The van der Waals surface area contributed by atoms with Crippen molar-refractivity contribution < 1.29 is 9.59 Å². The Labute approximate surface area is 117 Å². The minimum absolute atomic E-state index is 0.0115. The maximum absolute atomic E-state index is 12.5. The van der Waals surface area contributed by atoms with E-state index in [2.05, 4.69) is 5.32 Å². The van der Waals surface area contributed by atoms with Crippen LogP contribution in [-0.2, 0) is 9.59 Å². The number of halogens is 1. The Kier molecular flexibility index (Phi) is 3.54.